The molecule has 0 aliphatic heterocycles. The number of methoxy groups -OCH3 is 2. The van der Waals surface area contributed by atoms with E-state index in [4.69, 9.17) is 14.2 Å². The van der Waals surface area contributed by atoms with Crippen molar-refractivity contribution in [1.29, 1.82) is 0 Å². The summed E-state index contributed by atoms with van der Waals surface area (Å²) in [4.78, 5) is 25.5. The number of aryl methyl sites for hydroxylation is 1. The number of amides is 1. The SMILES string of the molecule is CCOC(=O)c1cccc(NC(=O)CN(c2ccc(OC)cc2OC)S(=O)(=O)c2ccc(C)cc2)c1C. The Morgan fingerprint density at radius 1 is 0.946 bits per heavy atom. The highest BCUT2D eigenvalue weighted by molar-refractivity contribution is 7.92. The largest absolute Gasteiger partial charge is 0.497 e. The van der Waals surface area contributed by atoms with Crippen LogP contribution in [0.2, 0.25) is 0 Å². The lowest BCUT2D eigenvalue weighted by molar-refractivity contribution is -0.114. The summed E-state index contributed by atoms with van der Waals surface area (Å²) in [5.74, 6) is -0.451. The predicted molar refractivity (Wildman–Crippen MR) is 141 cm³/mol. The van der Waals surface area contributed by atoms with Crippen LogP contribution in [0.4, 0.5) is 11.4 Å². The number of anilines is 2. The van der Waals surface area contributed by atoms with Crippen molar-refractivity contribution in [2.45, 2.75) is 25.7 Å². The molecule has 0 unspecified atom stereocenters. The molecule has 9 nitrogen and oxygen atoms in total. The summed E-state index contributed by atoms with van der Waals surface area (Å²) in [6.07, 6.45) is 0. The third-order valence-corrected chi connectivity index (χ3v) is 7.43. The van der Waals surface area contributed by atoms with Crippen LogP contribution in [-0.2, 0) is 19.6 Å². The summed E-state index contributed by atoms with van der Waals surface area (Å²) in [5.41, 5.74) is 2.23. The molecular weight excluding hydrogens is 496 g/mol. The van der Waals surface area contributed by atoms with Gasteiger partial charge in [-0.15, -0.1) is 0 Å². The van der Waals surface area contributed by atoms with Crippen LogP contribution < -0.4 is 19.1 Å². The Kier molecular flexibility index (Phi) is 8.77. The quantitative estimate of drug-likeness (QED) is 0.392. The van der Waals surface area contributed by atoms with Crippen molar-refractivity contribution < 1.29 is 32.2 Å². The molecule has 0 radical (unpaired) electrons. The smallest absolute Gasteiger partial charge is 0.338 e. The fourth-order valence-corrected chi connectivity index (χ4v) is 5.08. The minimum absolute atomic E-state index is 0.0178. The molecule has 0 aliphatic carbocycles. The van der Waals surface area contributed by atoms with Gasteiger partial charge in [0.2, 0.25) is 5.91 Å². The Balaban J connectivity index is 2.01. The molecule has 0 bridgehead atoms. The van der Waals surface area contributed by atoms with Crippen LogP contribution in [0.1, 0.15) is 28.4 Å². The maximum Gasteiger partial charge on any atom is 0.338 e. The zero-order valence-electron chi connectivity index (χ0n) is 21.4. The summed E-state index contributed by atoms with van der Waals surface area (Å²) < 4.78 is 44.2. The highest BCUT2D eigenvalue weighted by atomic mass is 32.2. The van der Waals surface area contributed by atoms with Crippen molar-refractivity contribution in [2.75, 3.05) is 37.0 Å². The number of nitrogens with one attached hydrogen (secondary N) is 1. The molecule has 3 aromatic rings. The standard InChI is InChI=1S/C27H30N2O7S/c1-6-36-27(31)22-8-7-9-23(19(22)3)28-26(30)17-29(24-15-12-20(34-4)16-25(24)35-5)37(32,33)21-13-10-18(2)11-14-21/h7-16H,6,17H2,1-5H3,(H,28,30). The van der Waals surface area contributed by atoms with E-state index in [1.165, 1.54) is 38.5 Å². The average molecular weight is 527 g/mol. The van der Waals surface area contributed by atoms with E-state index in [0.717, 1.165) is 9.87 Å². The Morgan fingerprint density at radius 2 is 1.65 bits per heavy atom. The van der Waals surface area contributed by atoms with Gasteiger partial charge in [0.25, 0.3) is 10.0 Å². The first-order valence-electron chi connectivity index (χ1n) is 11.5. The topological polar surface area (TPSA) is 111 Å². The van der Waals surface area contributed by atoms with Crippen LogP contribution in [0.25, 0.3) is 0 Å². The van der Waals surface area contributed by atoms with Gasteiger partial charge in [-0.25, -0.2) is 13.2 Å². The van der Waals surface area contributed by atoms with Crippen LogP contribution >= 0.6 is 0 Å². The molecule has 0 fully saturated rings. The van der Waals surface area contributed by atoms with Crippen molar-refractivity contribution in [2.24, 2.45) is 0 Å². The molecule has 196 valence electrons. The first kappa shape index (κ1) is 27.5. The molecule has 0 spiro atoms. The van der Waals surface area contributed by atoms with E-state index < -0.39 is 28.4 Å². The van der Waals surface area contributed by atoms with Gasteiger partial charge in [0.15, 0.2) is 0 Å². The number of ether oxygens (including phenoxy) is 3. The molecule has 37 heavy (non-hydrogen) atoms. The third-order valence-electron chi connectivity index (χ3n) is 5.66. The summed E-state index contributed by atoms with van der Waals surface area (Å²) in [6, 6.07) is 15.8. The number of hydrogen-bond acceptors (Lipinski definition) is 7. The fourth-order valence-electron chi connectivity index (χ4n) is 3.65. The molecule has 1 N–H and O–H groups in total. The number of rotatable bonds is 10. The zero-order chi connectivity index (χ0) is 27.2. The first-order valence-corrected chi connectivity index (χ1v) is 12.9. The summed E-state index contributed by atoms with van der Waals surface area (Å²) in [7, 11) is -1.29. The van der Waals surface area contributed by atoms with E-state index in [9.17, 15) is 18.0 Å². The summed E-state index contributed by atoms with van der Waals surface area (Å²) in [6.45, 7) is 4.89. The maximum atomic E-state index is 13.7. The van der Waals surface area contributed by atoms with Gasteiger partial charge in [-0.2, -0.15) is 0 Å². The maximum absolute atomic E-state index is 13.7. The molecule has 0 aliphatic rings. The molecule has 1 amide bonds. The molecule has 0 saturated heterocycles. The van der Waals surface area contributed by atoms with E-state index in [0.29, 0.717) is 22.6 Å². The lowest BCUT2D eigenvalue weighted by atomic mass is 10.1. The number of benzene rings is 3. The number of nitrogens with zero attached hydrogens (tertiary/aromatic N) is 1. The van der Waals surface area contributed by atoms with Gasteiger partial charge in [0.05, 0.1) is 37.0 Å². The number of carbonyl (C=O) groups is 2. The summed E-state index contributed by atoms with van der Waals surface area (Å²) >= 11 is 0. The second-order valence-corrected chi connectivity index (χ2v) is 9.97. The fraction of sp³-hybridized carbons (Fsp3) is 0.259. The van der Waals surface area contributed by atoms with Crippen molar-refractivity contribution >= 4 is 33.3 Å². The monoisotopic (exact) mass is 526 g/mol. The van der Waals surface area contributed by atoms with Crippen molar-refractivity contribution in [3.8, 4) is 11.5 Å². The minimum atomic E-state index is -4.17. The second kappa shape index (κ2) is 11.8. The molecule has 10 heteroatoms. The highest BCUT2D eigenvalue weighted by Gasteiger charge is 2.30. The van der Waals surface area contributed by atoms with Gasteiger partial charge >= 0.3 is 5.97 Å². The Labute approximate surface area is 217 Å². The van der Waals surface area contributed by atoms with Crippen LogP contribution in [-0.4, -0.2) is 47.7 Å². The van der Waals surface area contributed by atoms with Crippen molar-refractivity contribution in [3.63, 3.8) is 0 Å². The normalized spacial score (nSPS) is 10.9. The van der Waals surface area contributed by atoms with Crippen molar-refractivity contribution in [3.05, 3.63) is 77.4 Å². The molecular formula is C27H30N2O7S. The molecule has 0 heterocycles. The second-order valence-electron chi connectivity index (χ2n) is 8.11. The van der Waals surface area contributed by atoms with Crippen molar-refractivity contribution in [1.82, 2.24) is 0 Å². The predicted octanol–water partition coefficient (Wildman–Crippen LogP) is 4.33. The van der Waals surface area contributed by atoms with Gasteiger partial charge in [0.1, 0.15) is 18.0 Å². The van der Waals surface area contributed by atoms with E-state index >= 15 is 0 Å². The van der Waals surface area contributed by atoms with Gasteiger partial charge in [-0.1, -0.05) is 23.8 Å². The molecule has 3 aromatic carbocycles. The van der Waals surface area contributed by atoms with E-state index in [-0.39, 0.29) is 22.9 Å². The lowest BCUT2D eigenvalue weighted by Gasteiger charge is -2.26. The lowest BCUT2D eigenvalue weighted by Crippen LogP contribution is -2.38. The van der Waals surface area contributed by atoms with Crippen LogP contribution in [0.5, 0.6) is 11.5 Å². The Morgan fingerprint density at radius 3 is 2.27 bits per heavy atom. The third kappa shape index (κ3) is 6.21. The van der Waals surface area contributed by atoms with Gasteiger partial charge < -0.3 is 19.5 Å². The van der Waals surface area contributed by atoms with Gasteiger partial charge in [0, 0.05) is 11.8 Å². The molecule has 3 rings (SSSR count). The number of carbonyl (C=O) groups excluding carboxylic acids is 2. The molecule has 0 aromatic heterocycles. The Hall–Kier alpha value is -4.05. The molecule has 0 saturated carbocycles. The minimum Gasteiger partial charge on any atom is -0.497 e. The number of hydrogen-bond donors (Lipinski definition) is 1. The highest BCUT2D eigenvalue weighted by Crippen LogP contribution is 2.35. The number of sulfonamides is 1. The van der Waals surface area contributed by atoms with E-state index in [1.54, 1.807) is 50.2 Å². The summed E-state index contributed by atoms with van der Waals surface area (Å²) in [5, 5.41) is 2.72. The van der Waals surface area contributed by atoms with Gasteiger partial charge in [-0.3, -0.25) is 9.10 Å². The van der Waals surface area contributed by atoms with E-state index in [2.05, 4.69) is 5.32 Å². The first-order chi connectivity index (χ1) is 17.6. The zero-order valence-corrected chi connectivity index (χ0v) is 22.2. The Bertz CT molecular complexity index is 1390. The van der Waals surface area contributed by atoms with Crippen LogP contribution in [0, 0.1) is 13.8 Å². The van der Waals surface area contributed by atoms with Gasteiger partial charge in [-0.05, 0) is 62.7 Å². The van der Waals surface area contributed by atoms with Crippen LogP contribution in [0.3, 0.4) is 0 Å². The van der Waals surface area contributed by atoms with Crippen LogP contribution in [0.15, 0.2) is 65.6 Å². The number of esters is 1. The van der Waals surface area contributed by atoms with E-state index in [1.807, 2.05) is 6.92 Å². The average Bonchev–Trinajstić information content (AvgIpc) is 2.88. The molecule has 0 atom stereocenters.